The van der Waals surface area contributed by atoms with Gasteiger partial charge in [-0.05, 0) is 43.8 Å². The van der Waals surface area contributed by atoms with Gasteiger partial charge in [0.15, 0.2) is 0 Å². The zero-order valence-corrected chi connectivity index (χ0v) is 15.9. The number of hydrogen-bond donors (Lipinski definition) is 0. The number of benzene rings is 2. The second-order valence-electron chi connectivity index (χ2n) is 7.67. The van der Waals surface area contributed by atoms with Crippen LogP contribution in [0.4, 0.5) is 18.9 Å². The van der Waals surface area contributed by atoms with Gasteiger partial charge in [0.25, 0.3) is 5.91 Å². The number of carbonyl (C=O) groups excluding carboxylic acids is 2. The SMILES string of the molecule is CN1CC(=O)N(c2cccc(F)c2)C[C@]12CCN(C(=O)c1cc(F)cc(F)c1)C2. The molecule has 2 saturated heterocycles. The van der Waals surface area contributed by atoms with Crippen LogP contribution in [0.5, 0.6) is 0 Å². The van der Waals surface area contributed by atoms with Crippen LogP contribution in [-0.4, -0.2) is 60.4 Å². The molecule has 0 aromatic heterocycles. The highest BCUT2D eigenvalue weighted by Crippen LogP contribution is 2.34. The monoisotopic (exact) mass is 403 g/mol. The molecule has 0 unspecified atom stereocenters. The maximum Gasteiger partial charge on any atom is 0.254 e. The quantitative estimate of drug-likeness (QED) is 0.775. The minimum absolute atomic E-state index is 0.0453. The van der Waals surface area contributed by atoms with E-state index in [2.05, 4.69) is 0 Å². The van der Waals surface area contributed by atoms with Gasteiger partial charge in [0, 0.05) is 37.0 Å². The molecule has 5 nitrogen and oxygen atoms in total. The molecule has 2 aromatic carbocycles. The Morgan fingerprint density at radius 3 is 2.41 bits per heavy atom. The number of hydrogen-bond acceptors (Lipinski definition) is 3. The predicted molar refractivity (Wildman–Crippen MR) is 101 cm³/mol. The lowest BCUT2D eigenvalue weighted by Crippen LogP contribution is -2.64. The molecule has 0 bridgehead atoms. The number of likely N-dealkylation sites (tertiary alicyclic amines) is 1. The van der Waals surface area contributed by atoms with Gasteiger partial charge >= 0.3 is 0 Å². The lowest BCUT2D eigenvalue weighted by atomic mass is 9.92. The molecule has 0 saturated carbocycles. The molecule has 2 aliphatic heterocycles. The van der Waals surface area contributed by atoms with Crippen LogP contribution in [0.1, 0.15) is 16.8 Å². The summed E-state index contributed by atoms with van der Waals surface area (Å²) in [5, 5.41) is 0. The number of piperazine rings is 1. The summed E-state index contributed by atoms with van der Waals surface area (Å²) >= 11 is 0. The van der Waals surface area contributed by atoms with E-state index in [0.717, 1.165) is 18.2 Å². The van der Waals surface area contributed by atoms with Crippen molar-refractivity contribution in [1.29, 1.82) is 0 Å². The van der Waals surface area contributed by atoms with Crippen LogP contribution in [0.15, 0.2) is 42.5 Å². The van der Waals surface area contributed by atoms with E-state index in [0.29, 0.717) is 31.7 Å². The van der Waals surface area contributed by atoms with Gasteiger partial charge in [0.2, 0.25) is 5.91 Å². The Kier molecular flexibility index (Phi) is 4.82. The molecule has 0 N–H and O–H groups in total. The Hall–Kier alpha value is -2.87. The highest BCUT2D eigenvalue weighted by molar-refractivity contribution is 5.97. The molecular formula is C21H20F3N3O2. The van der Waals surface area contributed by atoms with Crippen molar-refractivity contribution in [2.24, 2.45) is 0 Å². The molecule has 8 heteroatoms. The van der Waals surface area contributed by atoms with Crippen molar-refractivity contribution in [2.45, 2.75) is 12.0 Å². The Balaban J connectivity index is 1.57. The summed E-state index contributed by atoms with van der Waals surface area (Å²) in [4.78, 5) is 30.3. The molecular weight excluding hydrogens is 383 g/mol. The lowest BCUT2D eigenvalue weighted by Gasteiger charge is -2.46. The molecule has 2 aromatic rings. The Morgan fingerprint density at radius 2 is 1.72 bits per heavy atom. The number of carbonyl (C=O) groups is 2. The summed E-state index contributed by atoms with van der Waals surface area (Å²) in [5.74, 6) is -2.65. The largest absolute Gasteiger partial charge is 0.337 e. The summed E-state index contributed by atoms with van der Waals surface area (Å²) in [7, 11) is 1.82. The second-order valence-corrected chi connectivity index (χ2v) is 7.67. The number of rotatable bonds is 2. The maximum absolute atomic E-state index is 13.7. The van der Waals surface area contributed by atoms with E-state index >= 15 is 0 Å². The summed E-state index contributed by atoms with van der Waals surface area (Å²) < 4.78 is 40.7. The highest BCUT2D eigenvalue weighted by atomic mass is 19.1. The van der Waals surface area contributed by atoms with E-state index < -0.39 is 28.9 Å². The van der Waals surface area contributed by atoms with Gasteiger partial charge in [-0.25, -0.2) is 13.2 Å². The highest BCUT2D eigenvalue weighted by Gasteiger charge is 2.48. The van der Waals surface area contributed by atoms with Crippen molar-refractivity contribution in [3.63, 3.8) is 0 Å². The van der Waals surface area contributed by atoms with E-state index in [-0.39, 0.29) is 18.0 Å². The van der Waals surface area contributed by atoms with Crippen molar-refractivity contribution < 1.29 is 22.8 Å². The van der Waals surface area contributed by atoms with Crippen LogP contribution in [0.3, 0.4) is 0 Å². The molecule has 152 valence electrons. The van der Waals surface area contributed by atoms with Crippen LogP contribution >= 0.6 is 0 Å². The third-order valence-electron chi connectivity index (χ3n) is 5.78. The fourth-order valence-electron chi connectivity index (χ4n) is 4.17. The smallest absolute Gasteiger partial charge is 0.254 e. The van der Waals surface area contributed by atoms with E-state index in [9.17, 15) is 22.8 Å². The molecule has 2 amide bonds. The maximum atomic E-state index is 13.7. The number of anilines is 1. The van der Waals surface area contributed by atoms with Gasteiger partial charge in [-0.2, -0.15) is 0 Å². The standard InChI is InChI=1S/C21H20F3N3O2/c1-25-11-19(28)27(18-4-2-3-15(22)10-18)13-21(25)5-6-26(12-21)20(29)14-7-16(23)9-17(24)8-14/h2-4,7-10H,5-6,11-13H2,1H3/t21-/m1/s1. The summed E-state index contributed by atoms with van der Waals surface area (Å²) in [5.41, 5.74) is -0.0857. The van der Waals surface area contributed by atoms with Crippen LogP contribution in [0, 0.1) is 17.5 Å². The number of nitrogens with zero attached hydrogens (tertiary/aromatic N) is 3. The average molecular weight is 403 g/mol. The van der Waals surface area contributed by atoms with Crippen molar-refractivity contribution in [1.82, 2.24) is 9.80 Å². The lowest BCUT2D eigenvalue weighted by molar-refractivity contribution is -0.123. The van der Waals surface area contributed by atoms with Gasteiger partial charge in [0.1, 0.15) is 17.5 Å². The first-order chi connectivity index (χ1) is 13.8. The van der Waals surface area contributed by atoms with Crippen molar-refractivity contribution in [3.05, 3.63) is 65.5 Å². The normalized spacial score (nSPS) is 22.6. The summed E-state index contributed by atoms with van der Waals surface area (Å²) in [6.07, 6.45) is 0.589. The van der Waals surface area contributed by atoms with E-state index in [1.165, 1.54) is 12.1 Å². The minimum Gasteiger partial charge on any atom is -0.337 e. The van der Waals surface area contributed by atoms with E-state index in [1.54, 1.807) is 21.9 Å². The van der Waals surface area contributed by atoms with E-state index in [1.807, 2.05) is 11.9 Å². The first-order valence-electron chi connectivity index (χ1n) is 9.30. The Morgan fingerprint density at radius 1 is 1.00 bits per heavy atom. The third-order valence-corrected chi connectivity index (χ3v) is 5.78. The van der Waals surface area contributed by atoms with Gasteiger partial charge in [-0.15, -0.1) is 0 Å². The number of likely N-dealkylation sites (N-methyl/N-ethyl adjacent to an activating group) is 1. The topological polar surface area (TPSA) is 43.9 Å². The molecule has 2 fully saturated rings. The molecule has 29 heavy (non-hydrogen) atoms. The van der Waals surface area contributed by atoms with Gasteiger partial charge in [-0.3, -0.25) is 14.5 Å². The fraction of sp³-hybridized carbons (Fsp3) is 0.333. The van der Waals surface area contributed by atoms with Crippen LogP contribution in [0.2, 0.25) is 0 Å². The molecule has 1 spiro atoms. The number of amides is 2. The Labute approximate surface area is 166 Å². The third kappa shape index (κ3) is 3.60. The van der Waals surface area contributed by atoms with Crippen molar-refractivity contribution in [3.8, 4) is 0 Å². The van der Waals surface area contributed by atoms with E-state index in [4.69, 9.17) is 0 Å². The van der Waals surface area contributed by atoms with Gasteiger partial charge < -0.3 is 9.80 Å². The second kappa shape index (κ2) is 7.18. The first-order valence-corrected chi connectivity index (χ1v) is 9.30. The number of halogens is 3. The van der Waals surface area contributed by atoms with Crippen molar-refractivity contribution >= 4 is 17.5 Å². The molecule has 0 aliphatic carbocycles. The predicted octanol–water partition coefficient (Wildman–Crippen LogP) is 2.67. The van der Waals surface area contributed by atoms with Crippen molar-refractivity contribution in [2.75, 3.05) is 38.1 Å². The molecule has 1 atom stereocenters. The van der Waals surface area contributed by atoms with Crippen LogP contribution in [0.25, 0.3) is 0 Å². The van der Waals surface area contributed by atoms with Crippen LogP contribution in [-0.2, 0) is 4.79 Å². The first kappa shape index (κ1) is 19.4. The average Bonchev–Trinajstić information content (AvgIpc) is 3.09. The molecule has 2 heterocycles. The minimum atomic E-state index is -0.806. The van der Waals surface area contributed by atoms with Crippen LogP contribution < -0.4 is 4.90 Å². The molecule has 0 radical (unpaired) electrons. The zero-order valence-electron chi connectivity index (χ0n) is 15.9. The molecule has 4 rings (SSSR count). The summed E-state index contributed by atoms with van der Waals surface area (Å²) in [6.45, 7) is 1.13. The van der Waals surface area contributed by atoms with Gasteiger partial charge in [0.05, 0.1) is 12.1 Å². The van der Waals surface area contributed by atoms with Gasteiger partial charge in [-0.1, -0.05) is 6.07 Å². The summed E-state index contributed by atoms with van der Waals surface area (Å²) in [6, 6.07) is 8.60. The fourth-order valence-corrected chi connectivity index (χ4v) is 4.17. The Bertz CT molecular complexity index is 963. The molecule has 2 aliphatic rings. The zero-order chi connectivity index (χ0) is 20.8.